The predicted octanol–water partition coefficient (Wildman–Crippen LogP) is 4.15. The van der Waals surface area contributed by atoms with Gasteiger partial charge in [-0.25, -0.2) is 4.98 Å². The second-order valence-corrected chi connectivity index (χ2v) is 9.57. The molecule has 3 heterocycles. The molecule has 7 nitrogen and oxygen atoms in total. The van der Waals surface area contributed by atoms with E-state index in [9.17, 15) is 9.59 Å². The first-order chi connectivity index (χ1) is 15.5. The van der Waals surface area contributed by atoms with Gasteiger partial charge in [0.1, 0.15) is 4.83 Å². The van der Waals surface area contributed by atoms with Crippen LogP contribution in [0.4, 0.5) is 0 Å². The lowest BCUT2D eigenvalue weighted by molar-refractivity contribution is -0.118. The van der Waals surface area contributed by atoms with Crippen molar-refractivity contribution in [3.8, 4) is 21.9 Å². The summed E-state index contributed by atoms with van der Waals surface area (Å²) < 4.78 is 12.0. The molecule has 0 unspecified atom stereocenters. The number of nitrogens with zero attached hydrogens (tertiary/aromatic N) is 2. The molecule has 10 heteroatoms. The average Bonchev–Trinajstić information content (AvgIpc) is 3.48. The minimum absolute atomic E-state index is 0.104. The van der Waals surface area contributed by atoms with Crippen molar-refractivity contribution in [1.29, 1.82) is 0 Å². The van der Waals surface area contributed by atoms with E-state index in [1.807, 2.05) is 35.0 Å². The summed E-state index contributed by atoms with van der Waals surface area (Å²) >= 11 is 4.28. The number of amides is 1. The largest absolute Gasteiger partial charge is 0.493 e. The number of thioether (sulfide) groups is 1. The molecule has 0 bridgehead atoms. The third kappa shape index (κ3) is 4.52. The topological polar surface area (TPSA) is 82.5 Å². The smallest absolute Gasteiger partial charge is 0.263 e. The molecule has 0 saturated heterocycles. The number of nitrogens with one attached hydrogen (secondary N) is 1. The van der Waals surface area contributed by atoms with Crippen molar-refractivity contribution < 1.29 is 14.3 Å². The van der Waals surface area contributed by atoms with Crippen LogP contribution in [0.15, 0.2) is 51.0 Å². The molecule has 0 spiro atoms. The minimum atomic E-state index is -0.149. The van der Waals surface area contributed by atoms with E-state index in [-0.39, 0.29) is 17.2 Å². The normalized spacial score (nSPS) is 11.0. The van der Waals surface area contributed by atoms with Gasteiger partial charge in [0, 0.05) is 29.4 Å². The number of fused-ring (bicyclic) bond motifs is 1. The third-order valence-electron chi connectivity index (χ3n) is 4.83. The van der Waals surface area contributed by atoms with Crippen molar-refractivity contribution >= 4 is 50.6 Å². The van der Waals surface area contributed by atoms with E-state index in [0.717, 1.165) is 16.0 Å². The third-order valence-corrected chi connectivity index (χ3v) is 7.64. The highest BCUT2D eigenvalue weighted by molar-refractivity contribution is 7.99. The van der Waals surface area contributed by atoms with Gasteiger partial charge in [0.15, 0.2) is 16.7 Å². The predicted molar refractivity (Wildman–Crippen MR) is 130 cm³/mol. The molecule has 1 aromatic carbocycles. The highest BCUT2D eigenvalue weighted by Crippen LogP contribution is 2.34. The van der Waals surface area contributed by atoms with Gasteiger partial charge < -0.3 is 14.8 Å². The highest BCUT2D eigenvalue weighted by Gasteiger charge is 2.17. The fourth-order valence-electron chi connectivity index (χ4n) is 3.17. The summed E-state index contributed by atoms with van der Waals surface area (Å²) in [6, 6.07) is 9.46. The van der Waals surface area contributed by atoms with Crippen LogP contribution < -0.4 is 20.3 Å². The lowest BCUT2D eigenvalue weighted by Gasteiger charge is -2.11. The molecule has 0 aliphatic rings. The van der Waals surface area contributed by atoms with E-state index >= 15 is 0 Å². The molecule has 0 atom stereocenters. The van der Waals surface area contributed by atoms with Gasteiger partial charge in [-0.2, -0.15) is 0 Å². The Morgan fingerprint density at radius 2 is 2.00 bits per heavy atom. The highest BCUT2D eigenvalue weighted by atomic mass is 32.2. The van der Waals surface area contributed by atoms with E-state index in [2.05, 4.69) is 10.3 Å². The van der Waals surface area contributed by atoms with Gasteiger partial charge in [-0.1, -0.05) is 23.9 Å². The molecule has 166 valence electrons. The Kier molecular flexibility index (Phi) is 6.83. The Hall–Kier alpha value is -2.82. The molecule has 0 aliphatic carbocycles. The Balaban J connectivity index is 1.43. The van der Waals surface area contributed by atoms with Crippen LogP contribution in [0.25, 0.3) is 20.7 Å². The van der Waals surface area contributed by atoms with E-state index in [4.69, 9.17) is 9.47 Å². The summed E-state index contributed by atoms with van der Waals surface area (Å²) in [5.41, 5.74) is 1.71. The number of benzene rings is 1. The number of thiophene rings is 2. The van der Waals surface area contributed by atoms with Gasteiger partial charge in [0.05, 0.1) is 25.4 Å². The van der Waals surface area contributed by atoms with E-state index in [1.54, 1.807) is 38.7 Å². The maximum atomic E-state index is 13.0. The van der Waals surface area contributed by atoms with Gasteiger partial charge in [0.25, 0.3) is 5.56 Å². The molecule has 1 N–H and O–H groups in total. The molecule has 0 aliphatic heterocycles. The summed E-state index contributed by atoms with van der Waals surface area (Å²) in [5.74, 6) is 1.25. The Morgan fingerprint density at radius 3 is 2.72 bits per heavy atom. The molecule has 4 aromatic rings. The SMILES string of the molecule is COc1ccc(CNC(=O)CSc2nc3scc(-c4cccs4)c3c(=O)n2C)cc1OC. The number of aromatic nitrogens is 2. The Bertz CT molecular complexity index is 1310. The number of methoxy groups -OCH3 is 2. The zero-order valence-corrected chi connectivity index (χ0v) is 20.2. The number of carbonyl (C=O) groups excluding carboxylic acids is 1. The zero-order chi connectivity index (χ0) is 22.7. The fourth-order valence-corrected chi connectivity index (χ4v) is 5.77. The first-order valence-corrected chi connectivity index (χ1v) is 12.4. The van der Waals surface area contributed by atoms with Crippen LogP contribution in [0.2, 0.25) is 0 Å². The van der Waals surface area contributed by atoms with Crippen molar-refractivity contribution in [1.82, 2.24) is 14.9 Å². The van der Waals surface area contributed by atoms with Gasteiger partial charge in [-0.3, -0.25) is 14.2 Å². The van der Waals surface area contributed by atoms with Crippen LogP contribution in [0.1, 0.15) is 5.56 Å². The zero-order valence-electron chi connectivity index (χ0n) is 17.7. The number of rotatable bonds is 8. The number of carbonyl (C=O) groups is 1. The number of hydrogen-bond donors (Lipinski definition) is 1. The fraction of sp³-hybridized carbons (Fsp3) is 0.227. The van der Waals surface area contributed by atoms with Gasteiger partial charge in [-0.15, -0.1) is 22.7 Å². The number of hydrogen-bond acceptors (Lipinski definition) is 8. The molecular weight excluding hydrogens is 466 g/mol. The first kappa shape index (κ1) is 22.4. The molecular formula is C22H21N3O4S3. The molecule has 32 heavy (non-hydrogen) atoms. The summed E-state index contributed by atoms with van der Waals surface area (Å²) in [6.07, 6.45) is 0. The van der Waals surface area contributed by atoms with Gasteiger partial charge in [0.2, 0.25) is 5.91 Å². The van der Waals surface area contributed by atoms with E-state index in [1.165, 1.54) is 27.7 Å². The van der Waals surface area contributed by atoms with Gasteiger partial charge >= 0.3 is 0 Å². The summed E-state index contributed by atoms with van der Waals surface area (Å²) in [7, 11) is 4.84. The van der Waals surface area contributed by atoms with Crippen LogP contribution in [-0.4, -0.2) is 35.4 Å². The summed E-state index contributed by atoms with van der Waals surface area (Å²) in [4.78, 5) is 31.7. The van der Waals surface area contributed by atoms with Crippen LogP contribution >= 0.6 is 34.4 Å². The van der Waals surface area contributed by atoms with Crippen LogP contribution in [0.3, 0.4) is 0 Å². The number of ether oxygens (including phenoxy) is 2. The second kappa shape index (κ2) is 9.76. The Morgan fingerprint density at radius 1 is 1.19 bits per heavy atom. The second-order valence-electron chi connectivity index (χ2n) is 6.82. The van der Waals surface area contributed by atoms with Gasteiger partial charge in [-0.05, 0) is 29.1 Å². The van der Waals surface area contributed by atoms with Crippen LogP contribution in [0.5, 0.6) is 11.5 Å². The first-order valence-electron chi connectivity index (χ1n) is 9.64. The van der Waals surface area contributed by atoms with Crippen LogP contribution in [0, 0.1) is 0 Å². The van der Waals surface area contributed by atoms with E-state index in [0.29, 0.717) is 33.4 Å². The lowest BCUT2D eigenvalue weighted by Crippen LogP contribution is -2.25. The quantitative estimate of drug-likeness (QED) is 0.297. The molecule has 0 saturated carbocycles. The standard InChI is InChI=1S/C22H21N3O4S3/c1-25-21(27)19-14(17-5-4-8-30-17)11-31-20(19)24-22(25)32-12-18(26)23-10-13-6-7-15(28-2)16(9-13)29-3/h4-9,11H,10,12H2,1-3H3,(H,23,26). The van der Waals surface area contributed by atoms with Crippen molar-refractivity contribution in [3.63, 3.8) is 0 Å². The Labute approximate surface area is 197 Å². The molecule has 1 amide bonds. The average molecular weight is 488 g/mol. The molecule has 4 rings (SSSR count). The van der Waals surface area contributed by atoms with Crippen molar-refractivity contribution in [2.24, 2.45) is 7.05 Å². The molecule has 0 radical (unpaired) electrons. The monoisotopic (exact) mass is 487 g/mol. The van der Waals surface area contributed by atoms with Crippen molar-refractivity contribution in [2.45, 2.75) is 11.7 Å². The summed E-state index contributed by atoms with van der Waals surface area (Å²) in [5, 5.41) is 7.98. The maximum absolute atomic E-state index is 13.0. The van der Waals surface area contributed by atoms with Crippen molar-refractivity contribution in [3.05, 3.63) is 57.0 Å². The van der Waals surface area contributed by atoms with E-state index < -0.39 is 0 Å². The molecule has 3 aromatic heterocycles. The minimum Gasteiger partial charge on any atom is -0.493 e. The maximum Gasteiger partial charge on any atom is 0.263 e. The molecule has 0 fully saturated rings. The summed E-state index contributed by atoms with van der Waals surface area (Å²) in [6.45, 7) is 0.361. The van der Waals surface area contributed by atoms with Crippen LogP contribution in [-0.2, 0) is 18.4 Å². The lowest BCUT2D eigenvalue weighted by atomic mass is 10.2. The van der Waals surface area contributed by atoms with Crippen molar-refractivity contribution in [2.75, 3.05) is 20.0 Å².